The molecular formula is C6H5N3O3. The summed E-state index contributed by atoms with van der Waals surface area (Å²) in [5.74, 6) is -2.05. The van der Waals surface area contributed by atoms with Crippen LogP contribution >= 0.6 is 0 Å². The van der Waals surface area contributed by atoms with Gasteiger partial charge in [0.1, 0.15) is 5.69 Å². The van der Waals surface area contributed by atoms with Crippen LogP contribution in [0.2, 0.25) is 0 Å². The fourth-order valence-corrected chi connectivity index (χ4v) is 0.588. The molecule has 62 valence electrons. The van der Waals surface area contributed by atoms with E-state index in [4.69, 9.17) is 10.8 Å². The van der Waals surface area contributed by atoms with Gasteiger partial charge in [-0.2, -0.15) is 0 Å². The van der Waals surface area contributed by atoms with Crippen LogP contribution in [-0.2, 0) is 0 Å². The molecule has 1 heterocycles. The molecule has 0 fully saturated rings. The number of aromatic nitrogens is 2. The van der Waals surface area contributed by atoms with Crippen molar-refractivity contribution in [3.05, 3.63) is 23.8 Å². The van der Waals surface area contributed by atoms with Crippen molar-refractivity contribution in [2.45, 2.75) is 0 Å². The molecule has 1 aromatic heterocycles. The molecule has 0 saturated heterocycles. The first-order valence-corrected chi connectivity index (χ1v) is 2.96. The number of nitrogens with zero attached hydrogens (tertiary/aromatic N) is 2. The van der Waals surface area contributed by atoms with E-state index in [0.717, 1.165) is 12.4 Å². The van der Waals surface area contributed by atoms with E-state index in [0.29, 0.717) is 0 Å². The molecule has 1 rings (SSSR count). The third-order valence-corrected chi connectivity index (χ3v) is 1.11. The topological polar surface area (TPSA) is 106 Å². The Bertz CT molecular complexity index is 307. The molecule has 0 unspecified atom stereocenters. The van der Waals surface area contributed by atoms with Crippen molar-refractivity contribution in [3.63, 3.8) is 0 Å². The van der Waals surface area contributed by atoms with Crippen LogP contribution in [0, 0.1) is 0 Å². The summed E-state index contributed by atoms with van der Waals surface area (Å²) in [7, 11) is 0. The van der Waals surface area contributed by atoms with E-state index in [9.17, 15) is 9.59 Å². The molecule has 6 heteroatoms. The molecule has 0 aliphatic rings. The Hall–Kier alpha value is -1.98. The van der Waals surface area contributed by atoms with E-state index < -0.39 is 11.9 Å². The molecule has 3 N–H and O–H groups in total. The van der Waals surface area contributed by atoms with Crippen LogP contribution in [0.4, 0.5) is 0 Å². The molecule has 0 atom stereocenters. The lowest BCUT2D eigenvalue weighted by Gasteiger charge is -1.94. The van der Waals surface area contributed by atoms with Crippen LogP contribution in [0.5, 0.6) is 0 Å². The number of rotatable bonds is 2. The average Bonchev–Trinajstić information content (AvgIpc) is 2.04. The van der Waals surface area contributed by atoms with Gasteiger partial charge in [-0.1, -0.05) is 0 Å². The lowest BCUT2D eigenvalue weighted by molar-refractivity contribution is 0.0690. The second-order valence-electron chi connectivity index (χ2n) is 1.96. The SMILES string of the molecule is NC(=O)c1cncc(C(=O)O)n1. The predicted molar refractivity (Wildman–Crippen MR) is 37.5 cm³/mol. The Balaban J connectivity index is 3.12. The normalized spacial score (nSPS) is 9.33. The number of amides is 1. The minimum absolute atomic E-state index is 0.157. The number of carbonyl (C=O) groups excluding carboxylic acids is 1. The maximum Gasteiger partial charge on any atom is 0.356 e. The zero-order valence-electron chi connectivity index (χ0n) is 5.89. The second-order valence-corrected chi connectivity index (χ2v) is 1.96. The first-order valence-electron chi connectivity index (χ1n) is 2.96. The number of aromatic carboxylic acids is 1. The third-order valence-electron chi connectivity index (χ3n) is 1.11. The summed E-state index contributed by atoms with van der Waals surface area (Å²) in [5.41, 5.74) is 4.39. The number of carboxylic acid groups (broad SMARTS) is 1. The summed E-state index contributed by atoms with van der Waals surface area (Å²) in [6.45, 7) is 0. The zero-order valence-corrected chi connectivity index (χ0v) is 5.89. The van der Waals surface area contributed by atoms with Crippen molar-refractivity contribution in [1.82, 2.24) is 9.97 Å². The fraction of sp³-hybridized carbons (Fsp3) is 0. The highest BCUT2D eigenvalue weighted by atomic mass is 16.4. The van der Waals surface area contributed by atoms with E-state index in [-0.39, 0.29) is 11.4 Å². The molecule has 0 aliphatic heterocycles. The van der Waals surface area contributed by atoms with Gasteiger partial charge in [-0.05, 0) is 0 Å². The molecule has 6 nitrogen and oxygen atoms in total. The standard InChI is InChI=1S/C6H5N3O3/c7-5(10)3-1-8-2-4(9-3)6(11)12/h1-2H,(H2,7,10)(H,11,12). The maximum absolute atomic E-state index is 10.5. The van der Waals surface area contributed by atoms with Crippen molar-refractivity contribution < 1.29 is 14.7 Å². The fourth-order valence-electron chi connectivity index (χ4n) is 0.588. The molecule has 0 spiro atoms. The van der Waals surface area contributed by atoms with Crippen LogP contribution < -0.4 is 5.73 Å². The van der Waals surface area contributed by atoms with Crippen molar-refractivity contribution >= 4 is 11.9 Å². The smallest absolute Gasteiger partial charge is 0.356 e. The van der Waals surface area contributed by atoms with Gasteiger partial charge < -0.3 is 10.8 Å². The van der Waals surface area contributed by atoms with Crippen LogP contribution in [0.3, 0.4) is 0 Å². The molecular weight excluding hydrogens is 162 g/mol. The summed E-state index contributed by atoms with van der Waals surface area (Å²) in [6, 6.07) is 0. The van der Waals surface area contributed by atoms with Gasteiger partial charge in [0, 0.05) is 0 Å². The van der Waals surface area contributed by atoms with Crippen LogP contribution in [-0.4, -0.2) is 27.0 Å². The summed E-state index contributed by atoms with van der Waals surface area (Å²) < 4.78 is 0. The number of carbonyl (C=O) groups is 2. The van der Waals surface area contributed by atoms with Gasteiger partial charge in [-0.15, -0.1) is 0 Å². The third kappa shape index (κ3) is 1.54. The highest BCUT2D eigenvalue weighted by molar-refractivity contribution is 5.92. The molecule has 0 aromatic carbocycles. The summed E-state index contributed by atoms with van der Waals surface area (Å²) in [5, 5.41) is 8.44. The van der Waals surface area contributed by atoms with Crippen molar-refractivity contribution in [2.75, 3.05) is 0 Å². The minimum Gasteiger partial charge on any atom is -0.476 e. The van der Waals surface area contributed by atoms with Gasteiger partial charge in [-0.25, -0.2) is 9.78 Å². The maximum atomic E-state index is 10.5. The van der Waals surface area contributed by atoms with E-state index in [1.807, 2.05) is 0 Å². The Kier molecular flexibility index (Phi) is 2.00. The van der Waals surface area contributed by atoms with Gasteiger partial charge in [0.15, 0.2) is 5.69 Å². The Morgan fingerprint density at radius 1 is 1.33 bits per heavy atom. The number of hydrogen-bond acceptors (Lipinski definition) is 4. The highest BCUT2D eigenvalue weighted by Gasteiger charge is 2.08. The molecule has 12 heavy (non-hydrogen) atoms. The summed E-state index contributed by atoms with van der Waals surface area (Å²) >= 11 is 0. The van der Waals surface area contributed by atoms with E-state index in [1.165, 1.54) is 0 Å². The van der Waals surface area contributed by atoms with Crippen molar-refractivity contribution in [1.29, 1.82) is 0 Å². The van der Waals surface area contributed by atoms with E-state index >= 15 is 0 Å². The number of nitrogens with two attached hydrogens (primary N) is 1. The second kappa shape index (κ2) is 2.95. The molecule has 0 saturated carbocycles. The number of carboxylic acids is 1. The lowest BCUT2D eigenvalue weighted by atomic mass is 10.4. The van der Waals surface area contributed by atoms with Crippen LogP contribution in [0.1, 0.15) is 21.0 Å². The number of primary amides is 1. The van der Waals surface area contributed by atoms with Crippen LogP contribution in [0.25, 0.3) is 0 Å². The van der Waals surface area contributed by atoms with E-state index in [1.54, 1.807) is 0 Å². The van der Waals surface area contributed by atoms with Gasteiger partial charge in [0.05, 0.1) is 12.4 Å². The predicted octanol–water partition coefficient (Wildman–Crippen LogP) is -0.726. The zero-order chi connectivity index (χ0) is 9.14. The molecule has 0 aliphatic carbocycles. The van der Waals surface area contributed by atoms with Crippen molar-refractivity contribution in [2.24, 2.45) is 5.73 Å². The monoisotopic (exact) mass is 167 g/mol. The Labute approximate surface area is 67.1 Å². The van der Waals surface area contributed by atoms with Gasteiger partial charge in [0.25, 0.3) is 5.91 Å². The molecule has 1 amide bonds. The quantitative estimate of drug-likeness (QED) is 0.604. The van der Waals surface area contributed by atoms with Gasteiger partial charge >= 0.3 is 5.97 Å². The van der Waals surface area contributed by atoms with Gasteiger partial charge in [-0.3, -0.25) is 9.78 Å². The largest absolute Gasteiger partial charge is 0.476 e. The minimum atomic E-state index is -1.24. The molecule has 0 radical (unpaired) electrons. The van der Waals surface area contributed by atoms with Crippen LogP contribution in [0.15, 0.2) is 12.4 Å². The lowest BCUT2D eigenvalue weighted by Crippen LogP contribution is -2.15. The average molecular weight is 167 g/mol. The number of hydrogen-bond donors (Lipinski definition) is 2. The Morgan fingerprint density at radius 3 is 2.42 bits per heavy atom. The Morgan fingerprint density at radius 2 is 1.92 bits per heavy atom. The summed E-state index contributed by atoms with van der Waals surface area (Å²) in [6.07, 6.45) is 2.14. The van der Waals surface area contributed by atoms with Crippen molar-refractivity contribution in [3.8, 4) is 0 Å². The molecule has 0 bridgehead atoms. The molecule has 1 aromatic rings. The van der Waals surface area contributed by atoms with E-state index in [2.05, 4.69) is 9.97 Å². The highest BCUT2D eigenvalue weighted by Crippen LogP contribution is 1.94. The summed E-state index contributed by atoms with van der Waals surface area (Å²) in [4.78, 5) is 27.7. The first-order chi connectivity index (χ1) is 5.61. The first kappa shape index (κ1) is 8.12. The van der Waals surface area contributed by atoms with Gasteiger partial charge in [0.2, 0.25) is 0 Å².